The first-order valence-electron chi connectivity index (χ1n) is 5.32. The smallest absolute Gasteiger partial charge is 0.268 e. The highest BCUT2D eigenvalue weighted by Crippen LogP contribution is 2.06. The number of rotatable bonds is 3. The van der Waals surface area contributed by atoms with E-state index in [1.807, 2.05) is 12.1 Å². The number of hydrogen-bond acceptors (Lipinski definition) is 2. The molecule has 4 heteroatoms. The van der Waals surface area contributed by atoms with Crippen LogP contribution in [0.2, 0.25) is 0 Å². The van der Waals surface area contributed by atoms with E-state index in [2.05, 4.69) is 24.2 Å². The quantitative estimate of drug-likeness (QED) is 0.815. The van der Waals surface area contributed by atoms with E-state index in [4.69, 9.17) is 5.73 Å². The number of aryl methyl sites for hydroxylation is 1. The Bertz CT molecular complexity index is 522. The Balaban J connectivity index is 2.20. The number of nitrogen functional groups attached to an aromatic ring is 1. The third-order valence-electron chi connectivity index (χ3n) is 2.58. The maximum atomic E-state index is 11.4. The van der Waals surface area contributed by atoms with Crippen molar-refractivity contribution in [2.24, 2.45) is 0 Å². The fourth-order valence-electron chi connectivity index (χ4n) is 1.63. The van der Waals surface area contributed by atoms with Crippen LogP contribution in [-0.2, 0) is 13.0 Å². The second-order valence-corrected chi connectivity index (χ2v) is 3.81. The number of nitrogens with two attached hydrogens (primary N) is 1. The Morgan fingerprint density at radius 1 is 1.25 bits per heavy atom. The van der Waals surface area contributed by atoms with Crippen LogP contribution in [0.5, 0.6) is 0 Å². The van der Waals surface area contributed by atoms with Crippen molar-refractivity contribution in [2.45, 2.75) is 19.9 Å². The van der Waals surface area contributed by atoms with Gasteiger partial charge in [0.1, 0.15) is 5.82 Å². The van der Waals surface area contributed by atoms with E-state index in [0.29, 0.717) is 12.4 Å². The Morgan fingerprint density at radius 2 is 1.88 bits per heavy atom. The van der Waals surface area contributed by atoms with Crippen molar-refractivity contribution in [2.75, 3.05) is 5.73 Å². The molecule has 0 fully saturated rings. The Morgan fingerprint density at radius 3 is 2.38 bits per heavy atom. The number of aromatic nitrogens is 2. The zero-order chi connectivity index (χ0) is 11.5. The molecule has 1 heterocycles. The van der Waals surface area contributed by atoms with Gasteiger partial charge in [0.2, 0.25) is 0 Å². The molecule has 0 unspecified atom stereocenters. The highest BCUT2D eigenvalue weighted by Gasteiger charge is 2.01. The average molecular weight is 217 g/mol. The second-order valence-electron chi connectivity index (χ2n) is 3.81. The Hall–Kier alpha value is -1.97. The number of nitrogens with one attached hydrogen (secondary N) is 1. The highest BCUT2D eigenvalue weighted by molar-refractivity contribution is 5.26. The summed E-state index contributed by atoms with van der Waals surface area (Å²) in [5, 5.41) is 2.80. The summed E-state index contributed by atoms with van der Waals surface area (Å²) in [6.07, 6.45) is 1.02. The molecule has 0 aliphatic rings. The Kier molecular flexibility index (Phi) is 2.81. The summed E-state index contributed by atoms with van der Waals surface area (Å²) in [5.41, 5.74) is 7.78. The molecular formula is C12H15N3O. The molecule has 2 aromatic rings. The summed E-state index contributed by atoms with van der Waals surface area (Å²) < 4.78 is 1.50. The molecule has 0 bridgehead atoms. The van der Waals surface area contributed by atoms with Gasteiger partial charge >= 0.3 is 0 Å². The van der Waals surface area contributed by atoms with Gasteiger partial charge in [0, 0.05) is 6.07 Å². The summed E-state index contributed by atoms with van der Waals surface area (Å²) >= 11 is 0. The van der Waals surface area contributed by atoms with Crippen LogP contribution in [0, 0.1) is 0 Å². The van der Waals surface area contributed by atoms with Gasteiger partial charge < -0.3 is 5.73 Å². The molecule has 0 saturated carbocycles. The van der Waals surface area contributed by atoms with Crippen LogP contribution in [0.15, 0.2) is 35.1 Å². The minimum Gasteiger partial charge on any atom is -0.384 e. The highest BCUT2D eigenvalue weighted by atomic mass is 16.1. The van der Waals surface area contributed by atoms with Crippen LogP contribution in [0.3, 0.4) is 0 Å². The van der Waals surface area contributed by atoms with Crippen molar-refractivity contribution in [3.8, 4) is 0 Å². The predicted octanol–water partition coefficient (Wildman–Crippen LogP) is 1.37. The molecule has 0 atom stereocenters. The molecule has 2 rings (SSSR count). The zero-order valence-electron chi connectivity index (χ0n) is 9.23. The monoisotopic (exact) mass is 217 g/mol. The van der Waals surface area contributed by atoms with Crippen LogP contribution in [0.1, 0.15) is 18.1 Å². The lowest BCUT2D eigenvalue weighted by Crippen LogP contribution is -2.16. The first kappa shape index (κ1) is 10.5. The lowest BCUT2D eigenvalue weighted by molar-refractivity contribution is 0.666. The standard InChI is InChI=1S/C12H15N3O/c1-2-9-3-5-10(6-4-9)8-15-12(16)7-11(13)14-15/h3-7,14H,2,8,13H2,1H3. The Labute approximate surface area is 93.7 Å². The molecule has 0 radical (unpaired) electrons. The minimum atomic E-state index is -0.0999. The average Bonchev–Trinajstić information content (AvgIpc) is 2.59. The van der Waals surface area contributed by atoms with Crippen molar-refractivity contribution in [1.82, 2.24) is 9.78 Å². The number of anilines is 1. The normalized spacial score (nSPS) is 10.6. The molecule has 84 valence electrons. The molecule has 0 spiro atoms. The molecular weight excluding hydrogens is 202 g/mol. The topological polar surface area (TPSA) is 63.8 Å². The second kappa shape index (κ2) is 4.26. The van der Waals surface area contributed by atoms with Gasteiger partial charge in [-0.2, -0.15) is 0 Å². The van der Waals surface area contributed by atoms with E-state index < -0.39 is 0 Å². The fraction of sp³-hybridized carbons (Fsp3) is 0.250. The molecule has 0 aliphatic carbocycles. The van der Waals surface area contributed by atoms with E-state index in [1.54, 1.807) is 0 Å². The number of H-pyrrole nitrogens is 1. The van der Waals surface area contributed by atoms with Crippen LogP contribution in [0.25, 0.3) is 0 Å². The first-order valence-corrected chi connectivity index (χ1v) is 5.32. The summed E-state index contributed by atoms with van der Waals surface area (Å²) in [4.78, 5) is 11.4. The fourth-order valence-corrected chi connectivity index (χ4v) is 1.63. The van der Waals surface area contributed by atoms with Crippen LogP contribution < -0.4 is 11.3 Å². The zero-order valence-corrected chi connectivity index (χ0v) is 9.23. The largest absolute Gasteiger partial charge is 0.384 e. The molecule has 4 nitrogen and oxygen atoms in total. The van der Waals surface area contributed by atoms with Gasteiger partial charge in [-0.3, -0.25) is 9.89 Å². The lowest BCUT2D eigenvalue weighted by atomic mass is 10.1. The maximum absolute atomic E-state index is 11.4. The van der Waals surface area contributed by atoms with Gasteiger partial charge in [-0.05, 0) is 17.5 Å². The third kappa shape index (κ3) is 2.16. The van der Waals surface area contributed by atoms with Crippen molar-refractivity contribution >= 4 is 5.82 Å². The van der Waals surface area contributed by atoms with Gasteiger partial charge in [0.05, 0.1) is 6.54 Å². The van der Waals surface area contributed by atoms with Gasteiger partial charge in [-0.25, -0.2) is 4.68 Å². The van der Waals surface area contributed by atoms with Gasteiger partial charge in [-0.15, -0.1) is 0 Å². The van der Waals surface area contributed by atoms with E-state index in [1.165, 1.54) is 16.3 Å². The SMILES string of the molecule is CCc1ccc(Cn2[nH]c(N)cc2=O)cc1. The third-order valence-corrected chi connectivity index (χ3v) is 2.58. The van der Waals surface area contributed by atoms with Crippen LogP contribution in [0.4, 0.5) is 5.82 Å². The number of benzene rings is 1. The summed E-state index contributed by atoms with van der Waals surface area (Å²) in [6, 6.07) is 9.60. The minimum absolute atomic E-state index is 0.0999. The molecule has 1 aromatic carbocycles. The molecule has 0 saturated heterocycles. The van der Waals surface area contributed by atoms with E-state index >= 15 is 0 Å². The van der Waals surface area contributed by atoms with E-state index in [9.17, 15) is 4.79 Å². The molecule has 1 aromatic heterocycles. The number of hydrogen-bond donors (Lipinski definition) is 2. The summed E-state index contributed by atoms with van der Waals surface area (Å²) in [7, 11) is 0. The van der Waals surface area contributed by atoms with Crippen LogP contribution >= 0.6 is 0 Å². The van der Waals surface area contributed by atoms with Crippen molar-refractivity contribution in [1.29, 1.82) is 0 Å². The summed E-state index contributed by atoms with van der Waals surface area (Å²) in [6.45, 7) is 2.64. The molecule has 0 aliphatic heterocycles. The molecule has 16 heavy (non-hydrogen) atoms. The molecule has 3 N–H and O–H groups in total. The van der Waals surface area contributed by atoms with Gasteiger partial charge in [0.15, 0.2) is 0 Å². The maximum Gasteiger partial charge on any atom is 0.268 e. The summed E-state index contributed by atoms with van der Waals surface area (Å²) in [5.74, 6) is 0.398. The van der Waals surface area contributed by atoms with Gasteiger partial charge in [0.25, 0.3) is 5.56 Å². The van der Waals surface area contributed by atoms with Crippen molar-refractivity contribution in [3.05, 3.63) is 51.8 Å². The molecule has 0 amide bonds. The lowest BCUT2D eigenvalue weighted by Gasteiger charge is -2.03. The number of aromatic amines is 1. The van der Waals surface area contributed by atoms with Crippen LogP contribution in [-0.4, -0.2) is 9.78 Å². The van der Waals surface area contributed by atoms with E-state index in [0.717, 1.165) is 12.0 Å². The van der Waals surface area contributed by atoms with Crippen molar-refractivity contribution < 1.29 is 0 Å². The first-order chi connectivity index (χ1) is 7.69. The van der Waals surface area contributed by atoms with E-state index in [-0.39, 0.29) is 5.56 Å². The van der Waals surface area contributed by atoms with Gasteiger partial charge in [-0.1, -0.05) is 31.2 Å². The predicted molar refractivity (Wildman–Crippen MR) is 64.4 cm³/mol. The van der Waals surface area contributed by atoms with Crippen molar-refractivity contribution in [3.63, 3.8) is 0 Å². The number of nitrogens with zero attached hydrogens (tertiary/aromatic N) is 1.